The zero-order chi connectivity index (χ0) is 16.9. The number of piperazine rings is 1. The molecule has 0 spiro atoms. The number of hydrogen-bond donors (Lipinski definition) is 0. The maximum absolute atomic E-state index is 12.6. The van der Waals surface area contributed by atoms with E-state index < -0.39 is 0 Å². The zero-order valence-corrected chi connectivity index (χ0v) is 13.8. The highest BCUT2D eigenvalue weighted by atomic mass is 16.2. The molecule has 0 N–H and O–H groups in total. The Morgan fingerprint density at radius 1 is 1.17 bits per heavy atom. The Balaban J connectivity index is 1.66. The predicted octanol–water partition coefficient (Wildman–Crippen LogP) is 2.48. The van der Waals surface area contributed by atoms with Gasteiger partial charge in [-0.2, -0.15) is 5.26 Å². The fourth-order valence-corrected chi connectivity index (χ4v) is 2.92. The van der Waals surface area contributed by atoms with Gasteiger partial charge in [0.25, 0.3) is 5.91 Å². The molecule has 1 amide bonds. The van der Waals surface area contributed by atoms with Crippen molar-refractivity contribution in [3.05, 3.63) is 59.3 Å². The number of aryl methyl sites for hydroxylation is 1. The van der Waals surface area contributed by atoms with Gasteiger partial charge in [-0.3, -0.25) is 4.79 Å². The standard InChI is InChI=1S/C19H20N4O/c1-2-15-5-7-16(8-6-15)19(24)23-12-10-22(11-13-23)18-17(14-20)4-3-9-21-18/h3-9H,2,10-13H2,1H3. The lowest BCUT2D eigenvalue weighted by Crippen LogP contribution is -2.49. The molecule has 1 aliphatic rings. The third-order valence-corrected chi connectivity index (χ3v) is 4.38. The Morgan fingerprint density at radius 3 is 2.50 bits per heavy atom. The van der Waals surface area contributed by atoms with Crippen LogP contribution in [0.2, 0.25) is 0 Å². The van der Waals surface area contributed by atoms with Crippen molar-refractivity contribution >= 4 is 11.7 Å². The van der Waals surface area contributed by atoms with Crippen molar-refractivity contribution in [1.82, 2.24) is 9.88 Å². The average Bonchev–Trinajstić information content (AvgIpc) is 2.67. The second-order valence-corrected chi connectivity index (χ2v) is 5.82. The van der Waals surface area contributed by atoms with Crippen LogP contribution in [-0.2, 0) is 6.42 Å². The molecule has 2 aromatic rings. The molecule has 1 aromatic heterocycles. The quantitative estimate of drug-likeness (QED) is 0.872. The summed E-state index contributed by atoms with van der Waals surface area (Å²) >= 11 is 0. The first kappa shape index (κ1) is 16.0. The second-order valence-electron chi connectivity index (χ2n) is 5.82. The van der Waals surface area contributed by atoms with E-state index in [9.17, 15) is 10.1 Å². The van der Waals surface area contributed by atoms with Crippen LogP contribution in [0, 0.1) is 11.3 Å². The number of rotatable bonds is 3. The van der Waals surface area contributed by atoms with E-state index in [1.165, 1.54) is 5.56 Å². The van der Waals surface area contributed by atoms with Gasteiger partial charge < -0.3 is 9.80 Å². The SMILES string of the molecule is CCc1ccc(C(=O)N2CCN(c3ncccc3C#N)CC2)cc1. The molecule has 5 nitrogen and oxygen atoms in total. The Labute approximate surface area is 142 Å². The van der Waals surface area contributed by atoms with Crippen LogP contribution in [-0.4, -0.2) is 42.0 Å². The molecule has 0 bridgehead atoms. The molecule has 1 aromatic carbocycles. The van der Waals surface area contributed by atoms with Gasteiger partial charge >= 0.3 is 0 Å². The second kappa shape index (κ2) is 7.14. The summed E-state index contributed by atoms with van der Waals surface area (Å²) in [6.45, 7) is 4.74. The molecule has 1 aliphatic heterocycles. The minimum absolute atomic E-state index is 0.0684. The smallest absolute Gasteiger partial charge is 0.253 e. The van der Waals surface area contributed by atoms with Crippen LogP contribution in [0.3, 0.4) is 0 Å². The van der Waals surface area contributed by atoms with Crippen molar-refractivity contribution < 1.29 is 4.79 Å². The van der Waals surface area contributed by atoms with E-state index in [1.807, 2.05) is 29.2 Å². The Hall–Kier alpha value is -2.87. The largest absolute Gasteiger partial charge is 0.352 e. The number of aromatic nitrogens is 1. The maximum Gasteiger partial charge on any atom is 0.253 e. The molecule has 0 atom stereocenters. The van der Waals surface area contributed by atoms with Gasteiger partial charge in [0.1, 0.15) is 11.9 Å². The summed E-state index contributed by atoms with van der Waals surface area (Å²) in [5, 5.41) is 9.20. The van der Waals surface area contributed by atoms with Gasteiger partial charge in [-0.25, -0.2) is 4.98 Å². The third kappa shape index (κ3) is 3.23. The van der Waals surface area contributed by atoms with Gasteiger partial charge in [-0.1, -0.05) is 19.1 Å². The van der Waals surface area contributed by atoms with E-state index in [-0.39, 0.29) is 5.91 Å². The fourth-order valence-electron chi connectivity index (χ4n) is 2.92. The molecule has 5 heteroatoms. The lowest BCUT2D eigenvalue weighted by Gasteiger charge is -2.35. The van der Waals surface area contributed by atoms with Crippen LogP contribution in [0.1, 0.15) is 28.4 Å². The molecule has 24 heavy (non-hydrogen) atoms. The predicted molar refractivity (Wildman–Crippen MR) is 92.9 cm³/mol. The summed E-state index contributed by atoms with van der Waals surface area (Å²) in [6, 6.07) is 13.5. The van der Waals surface area contributed by atoms with E-state index in [0.717, 1.165) is 12.0 Å². The Kier molecular flexibility index (Phi) is 4.76. The van der Waals surface area contributed by atoms with Gasteiger partial charge in [0.15, 0.2) is 0 Å². The monoisotopic (exact) mass is 320 g/mol. The van der Waals surface area contributed by atoms with Crippen LogP contribution in [0.25, 0.3) is 0 Å². The molecule has 1 saturated heterocycles. The number of hydrogen-bond acceptors (Lipinski definition) is 4. The molecule has 0 saturated carbocycles. The van der Waals surface area contributed by atoms with Crippen LogP contribution in [0.5, 0.6) is 0 Å². The normalized spacial score (nSPS) is 14.3. The molecular formula is C19H20N4O. The number of pyridine rings is 1. The first-order valence-corrected chi connectivity index (χ1v) is 8.21. The highest BCUT2D eigenvalue weighted by Crippen LogP contribution is 2.19. The molecule has 0 radical (unpaired) electrons. The highest BCUT2D eigenvalue weighted by molar-refractivity contribution is 5.94. The maximum atomic E-state index is 12.6. The lowest BCUT2D eigenvalue weighted by atomic mass is 10.1. The molecule has 2 heterocycles. The average molecular weight is 320 g/mol. The molecule has 3 rings (SSSR count). The molecular weight excluding hydrogens is 300 g/mol. The summed E-state index contributed by atoms with van der Waals surface area (Å²) < 4.78 is 0. The van der Waals surface area contributed by atoms with E-state index in [4.69, 9.17) is 0 Å². The van der Waals surface area contributed by atoms with Gasteiger partial charge in [0, 0.05) is 37.9 Å². The van der Waals surface area contributed by atoms with Crippen LogP contribution < -0.4 is 4.90 Å². The first-order chi connectivity index (χ1) is 11.7. The number of carbonyl (C=O) groups is 1. The first-order valence-electron chi connectivity index (χ1n) is 8.21. The summed E-state index contributed by atoms with van der Waals surface area (Å²) in [5.74, 6) is 0.776. The minimum atomic E-state index is 0.0684. The molecule has 1 fully saturated rings. The van der Waals surface area contributed by atoms with E-state index in [2.05, 4.69) is 22.9 Å². The molecule has 0 unspecified atom stereocenters. The summed E-state index contributed by atoms with van der Waals surface area (Å²) in [6.07, 6.45) is 2.67. The fraction of sp³-hybridized carbons (Fsp3) is 0.316. The van der Waals surface area contributed by atoms with Crippen molar-refractivity contribution in [3.8, 4) is 6.07 Å². The number of amides is 1. The number of anilines is 1. The molecule has 122 valence electrons. The zero-order valence-electron chi connectivity index (χ0n) is 13.8. The minimum Gasteiger partial charge on any atom is -0.352 e. The van der Waals surface area contributed by atoms with Crippen molar-refractivity contribution in [1.29, 1.82) is 5.26 Å². The number of benzene rings is 1. The van der Waals surface area contributed by atoms with Crippen molar-refractivity contribution in [2.24, 2.45) is 0 Å². The van der Waals surface area contributed by atoms with Gasteiger partial charge in [0.2, 0.25) is 0 Å². The van der Waals surface area contributed by atoms with Gasteiger partial charge in [-0.15, -0.1) is 0 Å². The Bertz CT molecular complexity index is 756. The van der Waals surface area contributed by atoms with Crippen LogP contribution >= 0.6 is 0 Å². The summed E-state index contributed by atoms with van der Waals surface area (Å²) in [7, 11) is 0. The van der Waals surface area contributed by atoms with Crippen molar-refractivity contribution in [2.45, 2.75) is 13.3 Å². The molecule has 0 aliphatic carbocycles. The van der Waals surface area contributed by atoms with Crippen LogP contribution in [0.4, 0.5) is 5.82 Å². The lowest BCUT2D eigenvalue weighted by molar-refractivity contribution is 0.0746. The van der Waals surface area contributed by atoms with E-state index in [1.54, 1.807) is 18.3 Å². The topological polar surface area (TPSA) is 60.2 Å². The number of nitriles is 1. The highest BCUT2D eigenvalue weighted by Gasteiger charge is 2.24. The van der Waals surface area contributed by atoms with Crippen molar-refractivity contribution in [3.63, 3.8) is 0 Å². The number of nitrogens with zero attached hydrogens (tertiary/aromatic N) is 4. The Morgan fingerprint density at radius 2 is 1.88 bits per heavy atom. The summed E-state index contributed by atoms with van der Waals surface area (Å²) in [4.78, 5) is 20.9. The van der Waals surface area contributed by atoms with Gasteiger partial charge in [0.05, 0.1) is 5.56 Å². The van der Waals surface area contributed by atoms with E-state index >= 15 is 0 Å². The van der Waals surface area contributed by atoms with E-state index in [0.29, 0.717) is 37.6 Å². The third-order valence-electron chi connectivity index (χ3n) is 4.38. The summed E-state index contributed by atoms with van der Waals surface area (Å²) in [5.41, 5.74) is 2.54. The van der Waals surface area contributed by atoms with Crippen LogP contribution in [0.15, 0.2) is 42.6 Å². The van der Waals surface area contributed by atoms with Gasteiger partial charge in [-0.05, 0) is 36.2 Å². The van der Waals surface area contributed by atoms with Crippen molar-refractivity contribution in [2.75, 3.05) is 31.1 Å². The number of carbonyl (C=O) groups excluding carboxylic acids is 1.